The second-order valence-electron chi connectivity index (χ2n) is 6.32. The fourth-order valence-electron chi connectivity index (χ4n) is 3.40. The first-order chi connectivity index (χ1) is 12.0. The first kappa shape index (κ1) is 15.5. The summed E-state index contributed by atoms with van der Waals surface area (Å²) in [6.45, 7) is 1.52. The highest BCUT2D eigenvalue weighted by atomic mass is 19.1. The van der Waals surface area contributed by atoms with E-state index in [1.165, 1.54) is 19.1 Å². The zero-order chi connectivity index (χ0) is 17.6. The summed E-state index contributed by atoms with van der Waals surface area (Å²) in [5.41, 5.74) is 3.79. The van der Waals surface area contributed by atoms with Crippen LogP contribution in [0, 0.1) is 5.82 Å². The van der Waals surface area contributed by atoms with Crippen LogP contribution < -0.4 is 0 Å². The van der Waals surface area contributed by atoms with E-state index in [1.807, 2.05) is 30.3 Å². The molecule has 1 heterocycles. The summed E-state index contributed by atoms with van der Waals surface area (Å²) < 4.78 is 15.1. The minimum atomic E-state index is -0.389. The molecule has 0 fully saturated rings. The number of aryl methyl sites for hydroxylation is 1. The average molecular weight is 333 g/mol. The van der Waals surface area contributed by atoms with Crippen LogP contribution >= 0.6 is 0 Å². The third-order valence-corrected chi connectivity index (χ3v) is 4.67. The Morgan fingerprint density at radius 3 is 2.76 bits per heavy atom. The molecule has 1 aliphatic rings. The Morgan fingerprint density at radius 2 is 1.96 bits per heavy atom. The summed E-state index contributed by atoms with van der Waals surface area (Å²) in [6.07, 6.45) is 4.98. The van der Waals surface area contributed by atoms with E-state index in [0.29, 0.717) is 17.6 Å². The van der Waals surface area contributed by atoms with E-state index in [4.69, 9.17) is 0 Å². The summed E-state index contributed by atoms with van der Waals surface area (Å²) in [6, 6.07) is 12.0. The number of fused-ring (bicyclic) bond motifs is 2. The van der Waals surface area contributed by atoms with E-state index in [2.05, 4.69) is 0 Å². The summed E-state index contributed by atoms with van der Waals surface area (Å²) in [5.74, 6) is -0.537. The van der Waals surface area contributed by atoms with Crippen molar-refractivity contribution in [3.05, 3.63) is 76.7 Å². The summed E-state index contributed by atoms with van der Waals surface area (Å²) in [4.78, 5) is 24.2. The molecule has 0 unspecified atom stereocenters. The van der Waals surface area contributed by atoms with Crippen molar-refractivity contribution in [3.8, 4) is 0 Å². The molecule has 1 aliphatic carbocycles. The van der Waals surface area contributed by atoms with Gasteiger partial charge in [0, 0.05) is 29.6 Å². The molecule has 0 amide bonds. The number of rotatable bonds is 1. The summed E-state index contributed by atoms with van der Waals surface area (Å²) in [7, 11) is 0. The molecule has 4 rings (SSSR count). The van der Waals surface area contributed by atoms with Gasteiger partial charge in [0.25, 0.3) is 0 Å². The fraction of sp³-hybridized carbons (Fsp3) is 0.143. The Hall–Kier alpha value is -3.01. The molecule has 0 N–H and O–H groups in total. The van der Waals surface area contributed by atoms with Crippen molar-refractivity contribution >= 4 is 28.7 Å². The zero-order valence-electron chi connectivity index (χ0n) is 13.8. The number of benzene rings is 2. The van der Waals surface area contributed by atoms with Crippen molar-refractivity contribution in [2.75, 3.05) is 0 Å². The van der Waals surface area contributed by atoms with Gasteiger partial charge in [0.2, 0.25) is 5.91 Å². The van der Waals surface area contributed by atoms with Crippen molar-refractivity contribution < 1.29 is 14.0 Å². The predicted octanol–water partition coefficient (Wildman–Crippen LogP) is 4.65. The number of aromatic nitrogens is 1. The number of hydrogen-bond acceptors (Lipinski definition) is 2. The molecule has 25 heavy (non-hydrogen) atoms. The molecule has 3 aromatic rings. The number of ketones is 1. The van der Waals surface area contributed by atoms with Crippen molar-refractivity contribution in [3.63, 3.8) is 0 Å². The first-order valence-corrected chi connectivity index (χ1v) is 8.19. The quantitative estimate of drug-likeness (QED) is 0.608. The molecule has 3 nitrogen and oxygen atoms in total. The maximum atomic E-state index is 13.5. The molecule has 0 saturated carbocycles. The number of Topliss-reactive ketones (excluding diaryl/α,β-unsaturated/α-hetero) is 1. The lowest BCUT2D eigenvalue weighted by molar-refractivity contribution is 0.0941. The second kappa shape index (κ2) is 5.81. The molecule has 0 atom stereocenters. The van der Waals surface area contributed by atoms with Crippen LogP contribution in [0.4, 0.5) is 4.39 Å². The van der Waals surface area contributed by atoms with Gasteiger partial charge in [-0.05, 0) is 60.4 Å². The molecule has 0 spiro atoms. The molecular weight excluding hydrogens is 317 g/mol. The van der Waals surface area contributed by atoms with Gasteiger partial charge in [-0.3, -0.25) is 14.2 Å². The van der Waals surface area contributed by atoms with E-state index in [9.17, 15) is 14.0 Å². The summed E-state index contributed by atoms with van der Waals surface area (Å²) in [5, 5.41) is 0.944. The van der Waals surface area contributed by atoms with Crippen LogP contribution in [0.15, 0.2) is 54.2 Å². The molecule has 0 radical (unpaired) electrons. The molecule has 124 valence electrons. The van der Waals surface area contributed by atoms with E-state index >= 15 is 0 Å². The maximum Gasteiger partial charge on any atom is 0.227 e. The van der Waals surface area contributed by atoms with Crippen molar-refractivity contribution in [1.82, 2.24) is 4.57 Å². The maximum absolute atomic E-state index is 13.5. The van der Waals surface area contributed by atoms with E-state index < -0.39 is 0 Å². The standard InChI is InChI=1S/C21H16FNO2/c1-13(24)23-9-8-16-10-14(2-7-20(16)23)11-17-4-3-15-5-6-18(22)12-19(15)21(17)25/h2,5-12H,3-4H2,1H3/b17-11+. The van der Waals surface area contributed by atoms with Gasteiger partial charge in [0.15, 0.2) is 5.78 Å². The third kappa shape index (κ3) is 2.70. The number of allylic oxidation sites excluding steroid dienone is 1. The van der Waals surface area contributed by atoms with Crippen molar-refractivity contribution in [2.24, 2.45) is 0 Å². The van der Waals surface area contributed by atoms with Gasteiger partial charge < -0.3 is 0 Å². The average Bonchev–Trinajstić information content (AvgIpc) is 3.01. The van der Waals surface area contributed by atoms with E-state index in [-0.39, 0.29) is 17.5 Å². The Morgan fingerprint density at radius 1 is 1.12 bits per heavy atom. The second-order valence-corrected chi connectivity index (χ2v) is 6.32. The van der Waals surface area contributed by atoms with Gasteiger partial charge in [0.1, 0.15) is 5.82 Å². The lowest BCUT2D eigenvalue weighted by Gasteiger charge is -2.17. The Balaban J connectivity index is 1.72. The largest absolute Gasteiger partial charge is 0.289 e. The van der Waals surface area contributed by atoms with Gasteiger partial charge in [-0.25, -0.2) is 4.39 Å². The minimum Gasteiger partial charge on any atom is -0.289 e. The van der Waals surface area contributed by atoms with Gasteiger partial charge >= 0.3 is 0 Å². The number of carbonyl (C=O) groups excluding carboxylic acids is 2. The summed E-state index contributed by atoms with van der Waals surface area (Å²) >= 11 is 0. The van der Waals surface area contributed by atoms with Gasteiger partial charge in [-0.15, -0.1) is 0 Å². The van der Waals surface area contributed by atoms with Crippen LogP contribution in [0.2, 0.25) is 0 Å². The first-order valence-electron chi connectivity index (χ1n) is 8.19. The third-order valence-electron chi connectivity index (χ3n) is 4.67. The topological polar surface area (TPSA) is 39.1 Å². The zero-order valence-corrected chi connectivity index (χ0v) is 13.8. The number of carbonyl (C=O) groups is 2. The van der Waals surface area contributed by atoms with Crippen LogP contribution in [0.25, 0.3) is 17.0 Å². The number of hydrogen-bond donors (Lipinski definition) is 0. The lowest BCUT2D eigenvalue weighted by Crippen LogP contribution is -2.14. The molecular formula is C21H16FNO2. The van der Waals surface area contributed by atoms with Crippen LogP contribution in [-0.2, 0) is 6.42 Å². The predicted molar refractivity (Wildman–Crippen MR) is 95.3 cm³/mol. The molecule has 0 aliphatic heterocycles. The highest BCUT2D eigenvalue weighted by Gasteiger charge is 2.22. The van der Waals surface area contributed by atoms with Crippen LogP contribution in [0.5, 0.6) is 0 Å². The normalized spacial score (nSPS) is 15.6. The van der Waals surface area contributed by atoms with Gasteiger partial charge in [0.05, 0.1) is 5.52 Å². The Kier molecular flexibility index (Phi) is 3.61. The van der Waals surface area contributed by atoms with Crippen LogP contribution in [0.1, 0.15) is 39.6 Å². The highest BCUT2D eigenvalue weighted by molar-refractivity contribution is 6.13. The van der Waals surface area contributed by atoms with Gasteiger partial charge in [-0.2, -0.15) is 0 Å². The number of nitrogens with zero attached hydrogens (tertiary/aromatic N) is 1. The van der Waals surface area contributed by atoms with E-state index in [0.717, 1.165) is 28.5 Å². The van der Waals surface area contributed by atoms with Crippen LogP contribution in [0.3, 0.4) is 0 Å². The minimum absolute atomic E-state index is 0.0396. The molecule has 2 aromatic carbocycles. The monoisotopic (exact) mass is 333 g/mol. The Labute approximate surface area is 144 Å². The van der Waals surface area contributed by atoms with E-state index in [1.54, 1.807) is 16.8 Å². The highest BCUT2D eigenvalue weighted by Crippen LogP contribution is 2.28. The van der Waals surface area contributed by atoms with Crippen molar-refractivity contribution in [2.45, 2.75) is 19.8 Å². The molecule has 4 heteroatoms. The van der Waals surface area contributed by atoms with Crippen molar-refractivity contribution in [1.29, 1.82) is 0 Å². The fourth-order valence-corrected chi connectivity index (χ4v) is 3.40. The molecule has 0 bridgehead atoms. The SMILES string of the molecule is CC(=O)n1ccc2cc(/C=C3\CCc4ccc(F)cc4C3=O)ccc21. The van der Waals surface area contributed by atoms with Gasteiger partial charge in [-0.1, -0.05) is 12.1 Å². The van der Waals surface area contributed by atoms with Crippen LogP contribution in [-0.4, -0.2) is 16.3 Å². The number of halogens is 1. The smallest absolute Gasteiger partial charge is 0.227 e. The molecule has 0 saturated heterocycles. The Bertz CT molecular complexity index is 1060. The molecule has 1 aromatic heterocycles. The lowest BCUT2D eigenvalue weighted by atomic mass is 9.86.